The smallest absolute Gasteiger partial charge is 0.354 e. The molecule has 5 rings (SSSR count). The zero-order valence-corrected chi connectivity index (χ0v) is 19.1. The van der Waals surface area contributed by atoms with E-state index in [4.69, 9.17) is 4.74 Å². The van der Waals surface area contributed by atoms with E-state index in [0.29, 0.717) is 18.7 Å². The standard InChI is InChI=1S/C24H26N2O5S/c1-12-16(22(24(30)31-3)26-21(12)19(13(2)28)23(26)29)11-25-17-10-14(7-8-27)9-15-5-4-6-18(32-25)20(15)17/h4-6,9-10,12-13,19,21,27-28H,7-8,11H2,1-3H3/t12-,13?,19?,21?/m0/s1. The molecular formula is C24H26N2O5S. The zero-order valence-electron chi connectivity index (χ0n) is 18.2. The van der Waals surface area contributed by atoms with Gasteiger partial charge in [-0.3, -0.25) is 4.79 Å². The largest absolute Gasteiger partial charge is 0.464 e. The van der Waals surface area contributed by atoms with Gasteiger partial charge in [0.15, 0.2) is 0 Å². The summed E-state index contributed by atoms with van der Waals surface area (Å²) in [6, 6.07) is 10.1. The number of hydrogen-bond donors (Lipinski definition) is 2. The van der Waals surface area contributed by atoms with Crippen molar-refractivity contribution < 1.29 is 24.5 Å². The van der Waals surface area contributed by atoms with Gasteiger partial charge in [-0.05, 0) is 53.9 Å². The molecule has 2 aromatic carbocycles. The summed E-state index contributed by atoms with van der Waals surface area (Å²) < 4.78 is 7.19. The fourth-order valence-electron chi connectivity index (χ4n) is 5.36. The highest BCUT2D eigenvalue weighted by molar-refractivity contribution is 8.01. The lowest BCUT2D eigenvalue weighted by molar-refractivity contribution is -0.163. The topological polar surface area (TPSA) is 90.3 Å². The number of nitrogens with zero attached hydrogens (tertiary/aromatic N) is 2. The van der Waals surface area contributed by atoms with Gasteiger partial charge in [0.25, 0.3) is 0 Å². The molecule has 8 heteroatoms. The van der Waals surface area contributed by atoms with Crippen LogP contribution in [0.4, 0.5) is 5.69 Å². The van der Waals surface area contributed by atoms with Crippen molar-refractivity contribution in [3.05, 3.63) is 47.2 Å². The predicted octanol–water partition coefficient (Wildman–Crippen LogP) is 2.49. The van der Waals surface area contributed by atoms with Gasteiger partial charge in [-0.1, -0.05) is 25.1 Å². The summed E-state index contributed by atoms with van der Waals surface area (Å²) in [7, 11) is 1.32. The number of rotatable bonds is 6. The Labute approximate surface area is 190 Å². The maximum Gasteiger partial charge on any atom is 0.354 e. The van der Waals surface area contributed by atoms with Crippen LogP contribution in [-0.4, -0.2) is 59.4 Å². The summed E-state index contributed by atoms with van der Waals surface area (Å²) >= 11 is 1.61. The van der Waals surface area contributed by atoms with Gasteiger partial charge in [0.05, 0.1) is 37.4 Å². The fourth-order valence-corrected chi connectivity index (χ4v) is 6.49. The van der Waals surface area contributed by atoms with E-state index in [0.717, 1.165) is 32.5 Å². The highest BCUT2D eigenvalue weighted by Gasteiger charge is 2.60. The summed E-state index contributed by atoms with van der Waals surface area (Å²) in [5.41, 5.74) is 3.25. The number of fused-ring (bicyclic) bond motifs is 1. The molecule has 3 heterocycles. The molecule has 0 bridgehead atoms. The molecule has 3 aliphatic heterocycles. The minimum Gasteiger partial charge on any atom is -0.464 e. The Morgan fingerprint density at radius 2 is 2.09 bits per heavy atom. The van der Waals surface area contributed by atoms with Crippen molar-refractivity contribution in [3.8, 4) is 0 Å². The van der Waals surface area contributed by atoms with E-state index >= 15 is 0 Å². The van der Waals surface area contributed by atoms with Gasteiger partial charge in [0.1, 0.15) is 5.70 Å². The number of esters is 1. The van der Waals surface area contributed by atoms with Crippen LogP contribution in [0, 0.1) is 11.8 Å². The van der Waals surface area contributed by atoms with Gasteiger partial charge in [-0.2, -0.15) is 0 Å². The highest BCUT2D eigenvalue weighted by atomic mass is 32.2. The summed E-state index contributed by atoms with van der Waals surface area (Å²) in [6.45, 7) is 4.16. The first-order valence-corrected chi connectivity index (χ1v) is 11.6. The molecule has 0 aliphatic carbocycles. The van der Waals surface area contributed by atoms with Gasteiger partial charge in [-0.25, -0.2) is 4.79 Å². The highest BCUT2D eigenvalue weighted by Crippen LogP contribution is 2.51. The van der Waals surface area contributed by atoms with Gasteiger partial charge in [0, 0.05) is 22.8 Å². The Morgan fingerprint density at radius 1 is 1.31 bits per heavy atom. The summed E-state index contributed by atoms with van der Waals surface area (Å²) in [6.07, 6.45) is -0.205. The molecule has 2 N–H and O–H groups in total. The van der Waals surface area contributed by atoms with E-state index < -0.39 is 18.0 Å². The number of β-lactam (4-membered cyclic amide) rings is 1. The Kier molecular flexibility index (Phi) is 5.19. The first-order valence-electron chi connectivity index (χ1n) is 10.8. The number of hydrogen-bond acceptors (Lipinski definition) is 7. The van der Waals surface area contributed by atoms with E-state index in [1.807, 2.05) is 13.0 Å². The average molecular weight is 455 g/mol. The van der Waals surface area contributed by atoms with E-state index in [1.165, 1.54) is 12.0 Å². The number of aliphatic hydroxyl groups excluding tert-OH is 2. The SMILES string of the molecule is COC(=O)C1=C(CN2Sc3cccc4cc(CCO)cc2c34)[C@H](C)C2C(C(C)O)C(=O)N12. The summed E-state index contributed by atoms with van der Waals surface area (Å²) in [5.74, 6) is -1.34. The lowest BCUT2D eigenvalue weighted by Gasteiger charge is -2.46. The van der Waals surface area contributed by atoms with Crippen molar-refractivity contribution in [2.24, 2.45) is 11.8 Å². The van der Waals surface area contributed by atoms with Gasteiger partial charge >= 0.3 is 5.97 Å². The number of carbonyl (C=O) groups is 2. The van der Waals surface area contributed by atoms with Gasteiger partial charge < -0.3 is 24.2 Å². The molecule has 0 aromatic heterocycles. The lowest BCUT2D eigenvalue weighted by atomic mass is 9.78. The molecule has 3 aliphatic rings. The van der Waals surface area contributed by atoms with Crippen LogP contribution in [0.5, 0.6) is 0 Å². The molecular weight excluding hydrogens is 428 g/mol. The molecule has 0 spiro atoms. The second-order valence-corrected chi connectivity index (χ2v) is 9.75. The van der Waals surface area contributed by atoms with Crippen molar-refractivity contribution in [2.45, 2.75) is 37.3 Å². The van der Waals surface area contributed by atoms with Crippen molar-refractivity contribution in [2.75, 3.05) is 24.6 Å². The first kappa shape index (κ1) is 21.3. The van der Waals surface area contributed by atoms with Crippen molar-refractivity contribution >= 4 is 40.3 Å². The van der Waals surface area contributed by atoms with E-state index in [2.05, 4.69) is 28.6 Å². The number of aliphatic hydroxyl groups is 2. The average Bonchev–Trinajstić information content (AvgIpc) is 3.22. The van der Waals surface area contributed by atoms with Crippen LogP contribution in [0.3, 0.4) is 0 Å². The molecule has 3 unspecified atom stereocenters. The zero-order chi connectivity index (χ0) is 22.7. The number of anilines is 1. The lowest BCUT2D eigenvalue weighted by Crippen LogP contribution is -2.63. The molecule has 32 heavy (non-hydrogen) atoms. The minimum absolute atomic E-state index is 0.0753. The van der Waals surface area contributed by atoms with Crippen molar-refractivity contribution in [3.63, 3.8) is 0 Å². The number of methoxy groups -OCH3 is 1. The van der Waals surface area contributed by atoms with Crippen LogP contribution in [0.25, 0.3) is 10.8 Å². The Hall–Kier alpha value is -2.55. The monoisotopic (exact) mass is 454 g/mol. The number of amides is 1. The van der Waals surface area contributed by atoms with Crippen LogP contribution < -0.4 is 4.31 Å². The van der Waals surface area contributed by atoms with E-state index in [1.54, 1.807) is 18.9 Å². The predicted molar refractivity (Wildman–Crippen MR) is 122 cm³/mol. The molecule has 168 valence electrons. The molecule has 0 radical (unpaired) electrons. The maximum atomic E-state index is 12.8. The first-order chi connectivity index (χ1) is 15.4. The maximum absolute atomic E-state index is 12.8. The van der Waals surface area contributed by atoms with Gasteiger partial charge in [-0.15, -0.1) is 0 Å². The third-order valence-electron chi connectivity index (χ3n) is 6.86. The molecule has 1 saturated heterocycles. The van der Waals surface area contributed by atoms with E-state index in [-0.39, 0.29) is 24.5 Å². The molecule has 1 fully saturated rings. The Balaban J connectivity index is 1.55. The van der Waals surface area contributed by atoms with Crippen molar-refractivity contribution in [1.29, 1.82) is 0 Å². The van der Waals surface area contributed by atoms with Crippen LogP contribution in [-0.2, 0) is 20.7 Å². The molecule has 7 nitrogen and oxygen atoms in total. The Morgan fingerprint density at radius 3 is 2.78 bits per heavy atom. The van der Waals surface area contributed by atoms with Crippen LogP contribution in [0.15, 0.2) is 46.5 Å². The minimum atomic E-state index is -0.773. The number of carbonyl (C=O) groups excluding carboxylic acids is 2. The van der Waals surface area contributed by atoms with Crippen LogP contribution in [0.2, 0.25) is 0 Å². The van der Waals surface area contributed by atoms with Gasteiger partial charge in [0.2, 0.25) is 5.91 Å². The normalized spacial score (nSPS) is 24.8. The summed E-state index contributed by atoms with van der Waals surface area (Å²) in [5, 5.41) is 21.9. The molecule has 1 amide bonds. The molecule has 0 saturated carbocycles. The second-order valence-electron chi connectivity index (χ2n) is 8.69. The Bertz CT molecular complexity index is 1160. The second kappa shape index (κ2) is 7.79. The third kappa shape index (κ3) is 2.97. The third-order valence-corrected chi connectivity index (χ3v) is 7.95. The fraction of sp³-hybridized carbons (Fsp3) is 0.417. The summed E-state index contributed by atoms with van der Waals surface area (Å²) in [4.78, 5) is 28.2. The molecule has 2 aromatic rings. The van der Waals surface area contributed by atoms with E-state index in [9.17, 15) is 19.8 Å². The molecule has 4 atom stereocenters. The van der Waals surface area contributed by atoms with Crippen LogP contribution >= 0.6 is 11.9 Å². The number of benzene rings is 2. The van der Waals surface area contributed by atoms with Crippen molar-refractivity contribution in [1.82, 2.24) is 4.90 Å². The number of ether oxygens (including phenoxy) is 1. The van der Waals surface area contributed by atoms with Crippen LogP contribution in [0.1, 0.15) is 19.4 Å². The quantitative estimate of drug-likeness (QED) is 0.394.